The molecule has 1 aliphatic carbocycles. The number of dihydropyridines is 1. The molecule has 3 aliphatic rings. The van der Waals surface area contributed by atoms with Crippen molar-refractivity contribution in [1.82, 2.24) is 20.2 Å². The van der Waals surface area contributed by atoms with Crippen LogP contribution in [0.4, 0.5) is 4.39 Å². The van der Waals surface area contributed by atoms with E-state index in [2.05, 4.69) is 20.3 Å². The smallest absolute Gasteiger partial charge is 0.269 e. The maximum Gasteiger partial charge on any atom is 0.269 e. The molecule has 0 radical (unpaired) electrons. The minimum Gasteiger partial charge on any atom is -0.373 e. The zero-order valence-corrected chi connectivity index (χ0v) is 19.4. The number of nitrogens with zero attached hydrogens (tertiary/aromatic N) is 3. The molecule has 2 N–H and O–H groups in total. The number of aryl methyl sites for hydroxylation is 1. The highest BCUT2D eigenvalue weighted by atomic mass is 19.1. The second kappa shape index (κ2) is 9.00. The third-order valence-electron chi connectivity index (χ3n) is 6.63. The minimum atomic E-state index is -0.465. The van der Waals surface area contributed by atoms with E-state index in [4.69, 9.17) is 0 Å². The Balaban J connectivity index is 1.27. The Bertz CT molecular complexity index is 1330. The molecule has 1 atom stereocenters. The number of carbonyl (C=O) groups excluding carboxylic acids is 1. The highest BCUT2D eigenvalue weighted by Crippen LogP contribution is 2.28. The highest BCUT2D eigenvalue weighted by molar-refractivity contribution is 6.05. The molecule has 3 heterocycles. The zero-order chi connectivity index (χ0) is 23.8. The van der Waals surface area contributed by atoms with Crippen molar-refractivity contribution in [3.8, 4) is 0 Å². The molecule has 2 aromatic rings. The van der Waals surface area contributed by atoms with Crippen LogP contribution in [0.15, 0.2) is 57.5 Å². The second-order valence-electron chi connectivity index (χ2n) is 9.27. The molecule has 1 aromatic heterocycles. The van der Waals surface area contributed by atoms with Crippen molar-refractivity contribution in [1.29, 1.82) is 0 Å². The lowest BCUT2D eigenvalue weighted by atomic mass is 9.95. The second-order valence-corrected chi connectivity index (χ2v) is 9.27. The van der Waals surface area contributed by atoms with E-state index in [0.29, 0.717) is 29.2 Å². The number of hydrogen-bond donors (Lipinski definition) is 2. The lowest BCUT2D eigenvalue weighted by Gasteiger charge is -2.27. The number of nitrogens with one attached hydrogen (secondary N) is 2. The van der Waals surface area contributed by atoms with E-state index in [1.165, 1.54) is 12.8 Å². The van der Waals surface area contributed by atoms with Crippen molar-refractivity contribution >= 4 is 22.7 Å². The Morgan fingerprint density at radius 2 is 2.09 bits per heavy atom. The molecule has 1 saturated carbocycles. The number of H-pyrrole nitrogens is 1. The average molecular weight is 462 g/mol. The van der Waals surface area contributed by atoms with Crippen LogP contribution < -0.4 is 10.9 Å². The summed E-state index contributed by atoms with van der Waals surface area (Å²) in [5.74, 6) is 0.158. The van der Waals surface area contributed by atoms with Gasteiger partial charge in [0.25, 0.3) is 5.56 Å². The predicted molar refractivity (Wildman–Crippen MR) is 130 cm³/mol. The van der Waals surface area contributed by atoms with Gasteiger partial charge in [0.2, 0.25) is 5.91 Å². The van der Waals surface area contributed by atoms with Crippen LogP contribution in [0, 0.1) is 18.7 Å². The van der Waals surface area contributed by atoms with Gasteiger partial charge in [0.1, 0.15) is 17.3 Å². The molecule has 8 heteroatoms. The van der Waals surface area contributed by atoms with Gasteiger partial charge < -0.3 is 15.2 Å². The molecule has 1 unspecified atom stereocenters. The van der Waals surface area contributed by atoms with Gasteiger partial charge in [-0.3, -0.25) is 14.6 Å². The molecule has 1 amide bonds. The highest BCUT2D eigenvalue weighted by Gasteiger charge is 2.25. The maximum atomic E-state index is 15.0. The fourth-order valence-electron chi connectivity index (χ4n) is 4.36. The summed E-state index contributed by atoms with van der Waals surface area (Å²) in [4.78, 5) is 37.6. The van der Waals surface area contributed by atoms with E-state index in [0.717, 1.165) is 36.4 Å². The fourth-order valence-corrected chi connectivity index (χ4v) is 4.36. The average Bonchev–Trinajstić information content (AvgIpc) is 3.66. The number of aliphatic imine (C=N–C) groups is 1. The summed E-state index contributed by atoms with van der Waals surface area (Å²) in [5, 5.41) is 2.99. The number of benzene rings is 1. The van der Waals surface area contributed by atoms with Crippen molar-refractivity contribution in [3.05, 3.63) is 75.1 Å². The Morgan fingerprint density at radius 3 is 2.79 bits per heavy atom. The molecule has 0 saturated heterocycles. The first kappa shape index (κ1) is 22.3. The molecule has 0 bridgehead atoms. The molecule has 5 rings (SSSR count). The maximum absolute atomic E-state index is 15.0. The molecule has 1 aromatic carbocycles. The standard InChI is InChI=1S/C26H28FN5O2/c1-15-20(6-8-22(29-15)26(34)28-13-17-3-4-17)18-9-11-32(12-10-18)14-19-5-7-21-24(23(19)27)31-25(33)16(2)30-21/h5-9,11,17,22H,3-4,10,12-14H2,1-2H3,(H,28,34)(H,31,33). The summed E-state index contributed by atoms with van der Waals surface area (Å²) in [6, 6.07) is 2.99. The number of carbonyl (C=O) groups is 1. The van der Waals surface area contributed by atoms with Crippen LogP contribution >= 0.6 is 0 Å². The van der Waals surface area contributed by atoms with Crippen LogP contribution in [0.5, 0.6) is 0 Å². The quantitative estimate of drug-likeness (QED) is 0.715. The van der Waals surface area contributed by atoms with E-state index in [1.807, 2.05) is 36.3 Å². The summed E-state index contributed by atoms with van der Waals surface area (Å²) in [6.07, 6.45) is 11.0. The van der Waals surface area contributed by atoms with Crippen molar-refractivity contribution in [2.45, 2.75) is 45.7 Å². The molecular formula is C26H28FN5O2. The Labute approximate surface area is 197 Å². The van der Waals surface area contributed by atoms with Gasteiger partial charge in [-0.05, 0) is 68.5 Å². The SMILES string of the molecule is CC1=NC(C(=O)NCC2CC2)C=CC1=C1C=CN(Cc2ccc3nc(C)c(=O)[nH]c3c2F)CC1. The Morgan fingerprint density at radius 1 is 1.26 bits per heavy atom. The molecule has 34 heavy (non-hydrogen) atoms. The molecule has 2 aliphatic heterocycles. The van der Waals surface area contributed by atoms with Gasteiger partial charge in [0.15, 0.2) is 5.82 Å². The van der Waals surface area contributed by atoms with Gasteiger partial charge in [0, 0.05) is 30.9 Å². The van der Waals surface area contributed by atoms with Gasteiger partial charge in [-0.1, -0.05) is 18.2 Å². The zero-order valence-electron chi connectivity index (χ0n) is 19.4. The number of amides is 1. The van der Waals surface area contributed by atoms with Crippen molar-refractivity contribution in [3.63, 3.8) is 0 Å². The van der Waals surface area contributed by atoms with Gasteiger partial charge >= 0.3 is 0 Å². The summed E-state index contributed by atoms with van der Waals surface area (Å²) in [6.45, 7) is 5.40. The number of rotatable bonds is 5. The van der Waals surface area contributed by atoms with Crippen LogP contribution in [-0.2, 0) is 11.3 Å². The molecule has 1 fully saturated rings. The first-order valence-electron chi connectivity index (χ1n) is 11.7. The summed E-state index contributed by atoms with van der Waals surface area (Å²) < 4.78 is 15.0. The number of halogens is 1. The van der Waals surface area contributed by atoms with Crippen LogP contribution in [0.3, 0.4) is 0 Å². The first-order chi connectivity index (χ1) is 16.4. The lowest BCUT2D eigenvalue weighted by molar-refractivity contribution is -0.121. The molecule has 7 nitrogen and oxygen atoms in total. The summed E-state index contributed by atoms with van der Waals surface area (Å²) >= 11 is 0. The predicted octanol–water partition coefficient (Wildman–Crippen LogP) is 3.31. The number of aromatic nitrogens is 2. The van der Waals surface area contributed by atoms with Crippen molar-refractivity contribution in [2.24, 2.45) is 10.9 Å². The summed E-state index contributed by atoms with van der Waals surface area (Å²) in [5.41, 5.74) is 4.08. The number of fused-ring (bicyclic) bond motifs is 1. The van der Waals surface area contributed by atoms with Gasteiger partial charge in [-0.2, -0.15) is 0 Å². The van der Waals surface area contributed by atoms with Crippen LogP contribution in [-0.4, -0.2) is 45.6 Å². The van der Waals surface area contributed by atoms with Crippen LogP contribution in [0.1, 0.15) is 37.4 Å². The number of allylic oxidation sites excluding steroid dienone is 3. The Kier molecular flexibility index (Phi) is 5.89. The third-order valence-corrected chi connectivity index (χ3v) is 6.63. The molecule has 0 spiro atoms. The van der Waals surface area contributed by atoms with Gasteiger partial charge in [-0.25, -0.2) is 9.37 Å². The lowest BCUT2D eigenvalue weighted by Crippen LogP contribution is -2.35. The number of aromatic amines is 1. The van der Waals surface area contributed by atoms with E-state index in [1.54, 1.807) is 19.1 Å². The van der Waals surface area contributed by atoms with Crippen molar-refractivity contribution in [2.75, 3.05) is 13.1 Å². The van der Waals surface area contributed by atoms with E-state index in [9.17, 15) is 9.59 Å². The van der Waals surface area contributed by atoms with Crippen LogP contribution in [0.25, 0.3) is 11.0 Å². The Hall–Kier alpha value is -3.55. The minimum absolute atomic E-state index is 0.0407. The van der Waals surface area contributed by atoms with Gasteiger partial charge in [-0.15, -0.1) is 0 Å². The largest absolute Gasteiger partial charge is 0.373 e. The van der Waals surface area contributed by atoms with E-state index >= 15 is 4.39 Å². The molecular weight excluding hydrogens is 433 g/mol. The van der Waals surface area contributed by atoms with E-state index < -0.39 is 11.9 Å². The van der Waals surface area contributed by atoms with Crippen LogP contribution in [0.2, 0.25) is 0 Å². The summed E-state index contributed by atoms with van der Waals surface area (Å²) in [7, 11) is 0. The van der Waals surface area contributed by atoms with Crippen molar-refractivity contribution < 1.29 is 9.18 Å². The monoisotopic (exact) mass is 461 g/mol. The van der Waals surface area contributed by atoms with E-state index in [-0.39, 0.29) is 17.0 Å². The first-order valence-corrected chi connectivity index (χ1v) is 11.7. The topological polar surface area (TPSA) is 90.4 Å². The number of hydrogen-bond acceptors (Lipinski definition) is 5. The molecule has 176 valence electrons. The normalized spacial score (nSPS) is 22.3. The van der Waals surface area contributed by atoms with Gasteiger partial charge in [0.05, 0.1) is 5.52 Å². The third kappa shape index (κ3) is 4.58. The fraction of sp³-hybridized carbons (Fsp3) is 0.385.